The summed E-state index contributed by atoms with van der Waals surface area (Å²) in [5.41, 5.74) is 1.54. The third-order valence-electron chi connectivity index (χ3n) is 3.16. The molecule has 0 saturated carbocycles. The highest BCUT2D eigenvalue weighted by Gasteiger charge is 2.24. The molecule has 6 heteroatoms. The number of aryl methyl sites for hydroxylation is 1. The van der Waals surface area contributed by atoms with Crippen LogP contribution in [-0.2, 0) is 16.6 Å². The fraction of sp³-hybridized carbons (Fsp3) is 0.200. The second kappa shape index (κ2) is 6.17. The van der Waals surface area contributed by atoms with Crippen molar-refractivity contribution in [1.29, 1.82) is 0 Å². The first-order chi connectivity index (χ1) is 9.82. The molecule has 112 valence electrons. The molecule has 1 N–H and O–H groups in total. The lowest BCUT2D eigenvalue weighted by molar-refractivity contribution is 0.435. The van der Waals surface area contributed by atoms with Crippen LogP contribution < -0.4 is 0 Å². The van der Waals surface area contributed by atoms with E-state index in [-0.39, 0.29) is 17.2 Å². The lowest BCUT2D eigenvalue weighted by atomic mass is 10.2. The SMILES string of the molecule is Cc1ccc(S(=O)(=O)N(C)Cc2ccccc2O)c(Br)c1. The largest absolute Gasteiger partial charge is 0.508 e. The Morgan fingerprint density at radius 2 is 1.86 bits per heavy atom. The zero-order valence-electron chi connectivity index (χ0n) is 11.7. The van der Waals surface area contributed by atoms with E-state index in [1.165, 1.54) is 17.4 Å². The molecule has 0 bridgehead atoms. The molecule has 2 rings (SSSR count). The Kier molecular flexibility index (Phi) is 4.70. The first-order valence-electron chi connectivity index (χ1n) is 6.31. The second-order valence-electron chi connectivity index (χ2n) is 4.82. The minimum absolute atomic E-state index is 0.0857. The maximum atomic E-state index is 12.6. The molecular weight excluding hydrogens is 354 g/mol. The summed E-state index contributed by atoms with van der Waals surface area (Å²) in [5.74, 6) is 0.0857. The lowest BCUT2D eigenvalue weighted by Gasteiger charge is -2.19. The summed E-state index contributed by atoms with van der Waals surface area (Å²) in [5, 5.41) is 9.76. The Morgan fingerprint density at radius 1 is 1.19 bits per heavy atom. The molecule has 4 nitrogen and oxygen atoms in total. The van der Waals surface area contributed by atoms with Crippen molar-refractivity contribution in [3.8, 4) is 5.75 Å². The van der Waals surface area contributed by atoms with E-state index in [0.29, 0.717) is 10.0 Å². The first kappa shape index (κ1) is 16.0. The monoisotopic (exact) mass is 369 g/mol. The Morgan fingerprint density at radius 3 is 2.48 bits per heavy atom. The Labute approximate surface area is 133 Å². The number of phenolic OH excluding ortho intramolecular Hbond substituents is 1. The van der Waals surface area contributed by atoms with Gasteiger partial charge in [0.2, 0.25) is 10.0 Å². The van der Waals surface area contributed by atoms with Crippen molar-refractivity contribution in [3.63, 3.8) is 0 Å². The summed E-state index contributed by atoms with van der Waals surface area (Å²) < 4.78 is 26.9. The number of para-hydroxylation sites is 1. The summed E-state index contributed by atoms with van der Waals surface area (Å²) in [6.45, 7) is 2.00. The van der Waals surface area contributed by atoms with Crippen LogP contribution in [0.25, 0.3) is 0 Å². The lowest BCUT2D eigenvalue weighted by Crippen LogP contribution is -2.26. The second-order valence-corrected chi connectivity index (χ2v) is 7.69. The predicted molar refractivity (Wildman–Crippen MR) is 85.6 cm³/mol. The van der Waals surface area contributed by atoms with Crippen molar-refractivity contribution in [2.24, 2.45) is 0 Å². The van der Waals surface area contributed by atoms with Gasteiger partial charge in [0.25, 0.3) is 0 Å². The zero-order valence-corrected chi connectivity index (χ0v) is 14.1. The normalized spacial score (nSPS) is 11.8. The smallest absolute Gasteiger partial charge is 0.244 e. The van der Waals surface area contributed by atoms with E-state index in [0.717, 1.165) is 5.56 Å². The van der Waals surface area contributed by atoms with Crippen LogP contribution in [-0.4, -0.2) is 24.9 Å². The van der Waals surface area contributed by atoms with Crippen LogP contribution in [0.5, 0.6) is 5.75 Å². The summed E-state index contributed by atoms with van der Waals surface area (Å²) in [6.07, 6.45) is 0. The van der Waals surface area contributed by atoms with Gasteiger partial charge in [-0.25, -0.2) is 8.42 Å². The summed E-state index contributed by atoms with van der Waals surface area (Å²) >= 11 is 3.30. The maximum absolute atomic E-state index is 12.6. The molecule has 0 saturated heterocycles. The van der Waals surface area contributed by atoms with E-state index in [1.807, 2.05) is 6.92 Å². The van der Waals surface area contributed by atoms with E-state index in [4.69, 9.17) is 0 Å². The average Bonchev–Trinajstić information content (AvgIpc) is 2.40. The molecule has 0 spiro atoms. The summed E-state index contributed by atoms with van der Waals surface area (Å²) in [4.78, 5) is 0.214. The van der Waals surface area contributed by atoms with E-state index in [2.05, 4.69) is 15.9 Å². The van der Waals surface area contributed by atoms with Crippen molar-refractivity contribution < 1.29 is 13.5 Å². The number of halogens is 1. The highest BCUT2D eigenvalue weighted by Crippen LogP contribution is 2.27. The van der Waals surface area contributed by atoms with Crippen LogP contribution in [0.15, 0.2) is 51.8 Å². The Balaban J connectivity index is 2.33. The van der Waals surface area contributed by atoms with Crippen LogP contribution in [0, 0.1) is 6.92 Å². The van der Waals surface area contributed by atoms with Crippen molar-refractivity contribution in [2.75, 3.05) is 7.05 Å². The molecule has 2 aromatic carbocycles. The zero-order chi connectivity index (χ0) is 15.6. The highest BCUT2D eigenvalue weighted by atomic mass is 79.9. The highest BCUT2D eigenvalue weighted by molar-refractivity contribution is 9.10. The van der Waals surface area contributed by atoms with Crippen LogP contribution in [0.4, 0.5) is 0 Å². The van der Waals surface area contributed by atoms with Crippen LogP contribution >= 0.6 is 15.9 Å². The Bertz CT molecular complexity index is 759. The van der Waals surface area contributed by atoms with Crippen molar-refractivity contribution >= 4 is 26.0 Å². The van der Waals surface area contributed by atoms with Gasteiger partial charge in [-0.15, -0.1) is 0 Å². The van der Waals surface area contributed by atoms with Gasteiger partial charge in [0, 0.05) is 23.6 Å². The van der Waals surface area contributed by atoms with E-state index >= 15 is 0 Å². The number of hydrogen-bond donors (Lipinski definition) is 1. The molecule has 0 aromatic heterocycles. The average molecular weight is 370 g/mol. The van der Waals surface area contributed by atoms with Gasteiger partial charge >= 0.3 is 0 Å². The molecule has 0 heterocycles. The number of hydrogen-bond acceptors (Lipinski definition) is 3. The molecule has 0 fully saturated rings. The number of benzene rings is 2. The number of phenols is 1. The number of sulfonamides is 1. The van der Waals surface area contributed by atoms with Gasteiger partial charge < -0.3 is 5.11 Å². The molecule has 0 amide bonds. The molecule has 21 heavy (non-hydrogen) atoms. The fourth-order valence-corrected chi connectivity index (χ4v) is 4.25. The molecule has 0 radical (unpaired) electrons. The minimum Gasteiger partial charge on any atom is -0.508 e. The van der Waals surface area contributed by atoms with Gasteiger partial charge in [-0.2, -0.15) is 4.31 Å². The molecule has 0 aliphatic heterocycles. The van der Waals surface area contributed by atoms with Gasteiger partial charge in [-0.1, -0.05) is 24.3 Å². The van der Waals surface area contributed by atoms with Crippen LogP contribution in [0.3, 0.4) is 0 Å². The van der Waals surface area contributed by atoms with Crippen LogP contribution in [0.1, 0.15) is 11.1 Å². The third kappa shape index (κ3) is 3.45. The number of rotatable bonds is 4. The standard InChI is InChI=1S/C15H16BrNO3S/c1-11-7-8-15(13(16)9-11)21(19,20)17(2)10-12-5-3-4-6-14(12)18/h3-9,18H,10H2,1-2H3. The third-order valence-corrected chi connectivity index (χ3v) is 5.94. The maximum Gasteiger partial charge on any atom is 0.244 e. The first-order valence-corrected chi connectivity index (χ1v) is 8.55. The van der Waals surface area contributed by atoms with E-state index < -0.39 is 10.0 Å². The molecule has 0 atom stereocenters. The minimum atomic E-state index is -3.63. The number of nitrogens with zero attached hydrogens (tertiary/aromatic N) is 1. The van der Waals surface area contributed by atoms with Gasteiger partial charge in [0.05, 0.1) is 4.90 Å². The van der Waals surface area contributed by atoms with Gasteiger partial charge in [0.1, 0.15) is 5.75 Å². The van der Waals surface area contributed by atoms with Crippen molar-refractivity contribution in [3.05, 3.63) is 58.1 Å². The quantitative estimate of drug-likeness (QED) is 0.899. The summed E-state index contributed by atoms with van der Waals surface area (Å²) in [7, 11) is -2.13. The van der Waals surface area contributed by atoms with Crippen molar-refractivity contribution in [1.82, 2.24) is 4.31 Å². The molecule has 0 aliphatic rings. The topological polar surface area (TPSA) is 57.6 Å². The van der Waals surface area contributed by atoms with E-state index in [1.54, 1.807) is 36.4 Å². The predicted octanol–water partition coefficient (Wildman–Crippen LogP) is 3.28. The van der Waals surface area contributed by atoms with Gasteiger partial charge in [-0.3, -0.25) is 0 Å². The molecule has 2 aromatic rings. The molecular formula is C15H16BrNO3S. The molecule has 0 unspecified atom stereocenters. The van der Waals surface area contributed by atoms with Crippen LogP contribution in [0.2, 0.25) is 0 Å². The fourth-order valence-electron chi connectivity index (χ4n) is 1.95. The van der Waals surface area contributed by atoms with Crippen molar-refractivity contribution in [2.45, 2.75) is 18.4 Å². The van der Waals surface area contributed by atoms with E-state index in [9.17, 15) is 13.5 Å². The number of aromatic hydroxyl groups is 1. The summed E-state index contributed by atoms with van der Waals surface area (Å²) in [6, 6.07) is 11.8. The Hall–Kier alpha value is -1.37. The van der Waals surface area contributed by atoms with Gasteiger partial charge in [-0.05, 0) is 46.6 Å². The van der Waals surface area contributed by atoms with Gasteiger partial charge in [0.15, 0.2) is 0 Å². The molecule has 0 aliphatic carbocycles.